The minimum absolute atomic E-state index is 0.0431. The smallest absolute Gasteiger partial charge is 0.321 e. The number of carbonyl (C=O) groups excluding carboxylic acids is 1. The van der Waals surface area contributed by atoms with Crippen molar-refractivity contribution >= 4 is 38.7 Å². The Hall–Kier alpha value is -2.15. The number of hydrogen-bond donors (Lipinski definition) is 3. The molecule has 0 atom stereocenters. The number of nitrogens with one attached hydrogen (secondary N) is 2. The first-order chi connectivity index (χ1) is 9.15. The summed E-state index contributed by atoms with van der Waals surface area (Å²) in [6, 6.07) is 7.24. The average molecular weight is 279 g/mol. The van der Waals surface area contributed by atoms with E-state index in [0.29, 0.717) is 18.1 Å². The standard InChI is InChI=1S/C12H13N3O3S/c16-10(17)6-3-7-13-11(18)15-12-14-8-4-1-2-5-9(8)19-12/h1-2,4-5H,3,6-7H2,(H,16,17)(H2,13,14,15,18). The van der Waals surface area contributed by atoms with Gasteiger partial charge in [0.15, 0.2) is 5.13 Å². The summed E-state index contributed by atoms with van der Waals surface area (Å²) >= 11 is 1.39. The molecule has 0 saturated heterocycles. The van der Waals surface area contributed by atoms with Crippen LogP contribution >= 0.6 is 11.3 Å². The fraction of sp³-hybridized carbons (Fsp3) is 0.250. The van der Waals surface area contributed by atoms with Crippen molar-refractivity contribution in [2.45, 2.75) is 12.8 Å². The minimum Gasteiger partial charge on any atom is -0.481 e. The van der Waals surface area contributed by atoms with E-state index in [1.807, 2.05) is 24.3 Å². The quantitative estimate of drug-likeness (QED) is 0.732. The monoisotopic (exact) mass is 279 g/mol. The number of thiazole rings is 1. The molecule has 19 heavy (non-hydrogen) atoms. The number of carboxylic acid groups (broad SMARTS) is 1. The van der Waals surface area contributed by atoms with Crippen LogP contribution in [-0.4, -0.2) is 28.6 Å². The largest absolute Gasteiger partial charge is 0.481 e. The van der Waals surface area contributed by atoms with Gasteiger partial charge in [0.25, 0.3) is 0 Å². The molecule has 0 aliphatic heterocycles. The fourth-order valence-corrected chi connectivity index (χ4v) is 2.37. The van der Waals surface area contributed by atoms with Crippen LogP contribution in [0.25, 0.3) is 10.2 Å². The van der Waals surface area contributed by atoms with Crippen molar-refractivity contribution in [1.29, 1.82) is 0 Å². The van der Waals surface area contributed by atoms with E-state index in [1.54, 1.807) is 0 Å². The minimum atomic E-state index is -0.867. The van der Waals surface area contributed by atoms with Crippen LogP contribution in [0.15, 0.2) is 24.3 Å². The summed E-state index contributed by atoms with van der Waals surface area (Å²) in [5.41, 5.74) is 0.841. The molecule has 2 aromatic rings. The molecule has 1 aromatic heterocycles. The highest BCUT2D eigenvalue weighted by Crippen LogP contribution is 2.25. The SMILES string of the molecule is O=C(O)CCCNC(=O)Nc1nc2ccccc2s1. The molecule has 100 valence electrons. The molecule has 0 bridgehead atoms. The molecule has 1 aromatic carbocycles. The molecule has 7 heteroatoms. The number of para-hydroxylation sites is 1. The molecule has 3 N–H and O–H groups in total. The van der Waals surface area contributed by atoms with Crippen LogP contribution in [0.2, 0.25) is 0 Å². The lowest BCUT2D eigenvalue weighted by atomic mass is 10.3. The van der Waals surface area contributed by atoms with Gasteiger partial charge >= 0.3 is 12.0 Å². The second kappa shape index (κ2) is 6.14. The summed E-state index contributed by atoms with van der Waals surface area (Å²) < 4.78 is 1.00. The molecule has 0 saturated carbocycles. The maximum absolute atomic E-state index is 11.5. The normalized spacial score (nSPS) is 10.3. The Labute approximate surface area is 113 Å². The van der Waals surface area contributed by atoms with E-state index in [9.17, 15) is 9.59 Å². The number of amides is 2. The molecule has 0 radical (unpaired) electrons. The number of hydrogen-bond acceptors (Lipinski definition) is 4. The molecule has 6 nitrogen and oxygen atoms in total. The second-order valence-corrected chi connectivity index (χ2v) is 4.90. The van der Waals surface area contributed by atoms with E-state index >= 15 is 0 Å². The fourth-order valence-electron chi connectivity index (χ4n) is 1.51. The third-order valence-corrected chi connectivity index (χ3v) is 3.32. The Morgan fingerprint density at radius 2 is 2.11 bits per heavy atom. The van der Waals surface area contributed by atoms with Gasteiger partial charge in [-0.2, -0.15) is 0 Å². The molecule has 2 amide bonds. The third kappa shape index (κ3) is 3.92. The maximum Gasteiger partial charge on any atom is 0.321 e. The average Bonchev–Trinajstić information content (AvgIpc) is 2.76. The first-order valence-electron chi connectivity index (χ1n) is 5.77. The van der Waals surface area contributed by atoms with E-state index in [2.05, 4.69) is 15.6 Å². The van der Waals surface area contributed by atoms with Gasteiger partial charge in [0, 0.05) is 13.0 Å². The summed E-state index contributed by atoms with van der Waals surface area (Å²) in [4.78, 5) is 26.1. The van der Waals surface area contributed by atoms with Crippen LogP contribution in [-0.2, 0) is 4.79 Å². The highest BCUT2D eigenvalue weighted by molar-refractivity contribution is 7.22. The van der Waals surface area contributed by atoms with Crippen LogP contribution in [0.3, 0.4) is 0 Å². The molecule has 2 rings (SSSR count). The van der Waals surface area contributed by atoms with Crippen LogP contribution < -0.4 is 10.6 Å². The van der Waals surface area contributed by atoms with Crippen LogP contribution in [0, 0.1) is 0 Å². The van der Waals surface area contributed by atoms with Crippen molar-refractivity contribution in [1.82, 2.24) is 10.3 Å². The van der Waals surface area contributed by atoms with Crippen LogP contribution in [0.1, 0.15) is 12.8 Å². The van der Waals surface area contributed by atoms with Gasteiger partial charge in [-0.1, -0.05) is 23.5 Å². The number of urea groups is 1. The van der Waals surface area contributed by atoms with Gasteiger partial charge in [-0.3, -0.25) is 10.1 Å². The number of fused-ring (bicyclic) bond motifs is 1. The van der Waals surface area contributed by atoms with E-state index in [-0.39, 0.29) is 12.5 Å². The molecule has 0 fully saturated rings. The van der Waals surface area contributed by atoms with Crippen molar-refractivity contribution in [2.24, 2.45) is 0 Å². The Bertz CT molecular complexity index is 564. The second-order valence-electron chi connectivity index (χ2n) is 3.86. The van der Waals surface area contributed by atoms with Crippen LogP contribution in [0.5, 0.6) is 0 Å². The zero-order valence-corrected chi connectivity index (χ0v) is 10.9. The van der Waals surface area contributed by atoms with Gasteiger partial charge in [0.1, 0.15) is 0 Å². The van der Waals surface area contributed by atoms with Gasteiger partial charge in [-0.25, -0.2) is 9.78 Å². The highest BCUT2D eigenvalue weighted by Gasteiger charge is 2.06. The van der Waals surface area contributed by atoms with Crippen LogP contribution in [0.4, 0.5) is 9.93 Å². The summed E-state index contributed by atoms with van der Waals surface area (Å²) in [5.74, 6) is -0.867. The summed E-state index contributed by atoms with van der Waals surface area (Å²) in [6.45, 7) is 0.322. The number of anilines is 1. The van der Waals surface area contributed by atoms with E-state index < -0.39 is 5.97 Å². The summed E-state index contributed by atoms with van der Waals surface area (Å²) in [5, 5.41) is 14.2. The molecule has 0 aliphatic carbocycles. The van der Waals surface area contributed by atoms with Gasteiger partial charge in [-0.05, 0) is 18.6 Å². The van der Waals surface area contributed by atoms with E-state index in [1.165, 1.54) is 11.3 Å². The van der Waals surface area contributed by atoms with E-state index in [4.69, 9.17) is 5.11 Å². The molecule has 0 unspecified atom stereocenters. The molecule has 1 heterocycles. The zero-order chi connectivity index (χ0) is 13.7. The summed E-state index contributed by atoms with van der Waals surface area (Å²) in [7, 11) is 0. The van der Waals surface area contributed by atoms with Crippen molar-refractivity contribution in [3.05, 3.63) is 24.3 Å². The molecule has 0 aliphatic rings. The highest BCUT2D eigenvalue weighted by atomic mass is 32.1. The first kappa shape index (κ1) is 13.3. The predicted molar refractivity (Wildman–Crippen MR) is 73.5 cm³/mol. The number of carboxylic acids is 1. The van der Waals surface area contributed by atoms with Crippen molar-refractivity contribution in [3.8, 4) is 0 Å². The Morgan fingerprint density at radius 3 is 2.84 bits per heavy atom. The number of nitrogens with zero attached hydrogens (tertiary/aromatic N) is 1. The van der Waals surface area contributed by atoms with Crippen molar-refractivity contribution < 1.29 is 14.7 Å². The number of benzene rings is 1. The van der Waals surface area contributed by atoms with E-state index in [0.717, 1.165) is 10.2 Å². The Balaban J connectivity index is 1.83. The van der Waals surface area contributed by atoms with Gasteiger partial charge in [-0.15, -0.1) is 0 Å². The Morgan fingerprint density at radius 1 is 1.32 bits per heavy atom. The predicted octanol–water partition coefficient (Wildman–Crippen LogP) is 2.28. The Kier molecular flexibility index (Phi) is 4.30. The lowest BCUT2D eigenvalue weighted by Crippen LogP contribution is -2.29. The zero-order valence-electron chi connectivity index (χ0n) is 10.0. The first-order valence-corrected chi connectivity index (χ1v) is 6.59. The summed E-state index contributed by atoms with van der Waals surface area (Å²) in [6.07, 6.45) is 0.448. The van der Waals surface area contributed by atoms with Crippen molar-refractivity contribution in [2.75, 3.05) is 11.9 Å². The van der Waals surface area contributed by atoms with Gasteiger partial charge < -0.3 is 10.4 Å². The van der Waals surface area contributed by atoms with Gasteiger partial charge in [0.2, 0.25) is 0 Å². The van der Waals surface area contributed by atoms with Gasteiger partial charge in [0.05, 0.1) is 10.2 Å². The number of aromatic nitrogens is 1. The number of aliphatic carboxylic acids is 1. The number of rotatable bonds is 5. The lowest BCUT2D eigenvalue weighted by Gasteiger charge is -2.03. The number of carbonyl (C=O) groups is 2. The maximum atomic E-state index is 11.5. The molecular formula is C12H13N3O3S. The van der Waals surface area contributed by atoms with Crippen molar-refractivity contribution in [3.63, 3.8) is 0 Å². The lowest BCUT2D eigenvalue weighted by molar-refractivity contribution is -0.137. The topological polar surface area (TPSA) is 91.3 Å². The third-order valence-electron chi connectivity index (χ3n) is 2.37. The molecular weight excluding hydrogens is 266 g/mol. The molecule has 0 spiro atoms.